The minimum absolute atomic E-state index is 0.000884. The fraction of sp³-hybridized carbons (Fsp3) is 0.895. The van der Waals surface area contributed by atoms with E-state index in [1.165, 1.54) is 44.9 Å². The average molecular weight is 302 g/mol. The molecule has 2 heteroatoms. The van der Waals surface area contributed by atoms with Gasteiger partial charge in [0.1, 0.15) is 0 Å². The van der Waals surface area contributed by atoms with E-state index in [1.807, 2.05) is 0 Å². The van der Waals surface area contributed by atoms with Crippen LogP contribution in [-0.2, 0) is 0 Å². The number of allylic oxidation sites excluding steroid dienone is 2. The molecule has 0 spiro atoms. The molecule has 0 aromatic rings. The summed E-state index contributed by atoms with van der Waals surface area (Å²) in [7, 11) is 0. The third-order valence-electron chi connectivity index (χ3n) is 3.88. The Balaban J connectivity index is 3.48. The largest absolute Gasteiger partial charge is 0.266 e. The van der Waals surface area contributed by atoms with E-state index in [0.717, 1.165) is 25.3 Å². The van der Waals surface area contributed by atoms with E-state index < -0.39 is 5.92 Å². The summed E-state index contributed by atoms with van der Waals surface area (Å²) in [6.07, 6.45) is 15.2. The Hall–Kier alpha value is -0.400. The molecule has 0 bridgehead atoms. The molecule has 0 aliphatic heterocycles. The van der Waals surface area contributed by atoms with Gasteiger partial charge in [-0.05, 0) is 31.3 Å². The van der Waals surface area contributed by atoms with Crippen LogP contribution in [0, 0.1) is 5.92 Å². The van der Waals surface area contributed by atoms with Gasteiger partial charge in [0.25, 0.3) is 5.92 Å². The minimum Gasteiger partial charge on any atom is -0.202 e. The predicted molar refractivity (Wildman–Crippen MR) is 90.0 cm³/mol. The Morgan fingerprint density at radius 3 is 2.00 bits per heavy atom. The van der Waals surface area contributed by atoms with E-state index in [0.29, 0.717) is 12.3 Å². The molecule has 0 N–H and O–H groups in total. The third kappa shape index (κ3) is 15.8. The van der Waals surface area contributed by atoms with Gasteiger partial charge in [-0.2, -0.15) is 0 Å². The molecular weight excluding hydrogens is 266 g/mol. The first kappa shape index (κ1) is 20.6. The maximum atomic E-state index is 13.5. The number of rotatable bonds is 14. The zero-order chi connectivity index (χ0) is 16.0. The Morgan fingerprint density at radius 1 is 0.857 bits per heavy atom. The maximum Gasteiger partial charge on any atom is 0.266 e. The predicted octanol–water partition coefficient (Wildman–Crippen LogP) is 7.54. The molecule has 0 heterocycles. The normalized spacial score (nSPS) is 12.7. The first-order valence-corrected chi connectivity index (χ1v) is 9.03. The lowest BCUT2D eigenvalue weighted by molar-refractivity contribution is 0.0417. The van der Waals surface area contributed by atoms with Gasteiger partial charge in [-0.15, -0.1) is 0 Å². The second kappa shape index (κ2) is 13.3. The van der Waals surface area contributed by atoms with Crippen LogP contribution in [0.3, 0.4) is 0 Å². The smallest absolute Gasteiger partial charge is 0.202 e. The first-order chi connectivity index (χ1) is 9.98. The Labute approximate surface area is 131 Å². The van der Waals surface area contributed by atoms with Crippen molar-refractivity contribution in [1.82, 2.24) is 0 Å². The van der Waals surface area contributed by atoms with E-state index in [4.69, 9.17) is 0 Å². The second-order valence-corrected chi connectivity index (χ2v) is 6.71. The van der Waals surface area contributed by atoms with Crippen molar-refractivity contribution >= 4 is 0 Å². The topological polar surface area (TPSA) is 0 Å². The van der Waals surface area contributed by atoms with Crippen molar-refractivity contribution in [2.24, 2.45) is 5.92 Å². The molecule has 0 saturated heterocycles. The van der Waals surface area contributed by atoms with Crippen LogP contribution >= 0.6 is 0 Å². The van der Waals surface area contributed by atoms with Gasteiger partial charge in [0.2, 0.25) is 0 Å². The van der Waals surface area contributed by atoms with Crippen LogP contribution in [-0.4, -0.2) is 5.92 Å². The summed E-state index contributed by atoms with van der Waals surface area (Å²) in [5, 5.41) is 0. The van der Waals surface area contributed by atoms with Gasteiger partial charge in [-0.1, -0.05) is 78.2 Å². The highest BCUT2D eigenvalue weighted by Crippen LogP contribution is 2.24. The lowest BCUT2D eigenvalue weighted by Gasteiger charge is -2.12. The summed E-state index contributed by atoms with van der Waals surface area (Å²) in [5.41, 5.74) is 0. The molecule has 0 aromatic carbocycles. The molecule has 0 aliphatic rings. The fourth-order valence-corrected chi connectivity index (χ4v) is 2.48. The monoisotopic (exact) mass is 302 g/mol. The van der Waals surface area contributed by atoms with Gasteiger partial charge in [0.05, 0.1) is 0 Å². The van der Waals surface area contributed by atoms with E-state index >= 15 is 0 Å². The number of hydrogen-bond acceptors (Lipinski definition) is 0. The molecule has 0 fully saturated rings. The molecule has 0 unspecified atom stereocenters. The van der Waals surface area contributed by atoms with E-state index in [-0.39, 0.29) is 6.42 Å². The van der Waals surface area contributed by atoms with E-state index in [2.05, 4.69) is 20.8 Å². The molecule has 0 rings (SSSR count). The first-order valence-electron chi connectivity index (χ1n) is 9.03. The molecular formula is C19H36F2. The molecule has 0 nitrogen and oxygen atoms in total. The summed E-state index contributed by atoms with van der Waals surface area (Å²) in [6.45, 7) is 6.39. The van der Waals surface area contributed by atoms with Crippen molar-refractivity contribution in [2.45, 2.75) is 104 Å². The van der Waals surface area contributed by atoms with Crippen molar-refractivity contribution in [3.8, 4) is 0 Å². The van der Waals surface area contributed by atoms with Crippen LogP contribution in [0.1, 0.15) is 97.8 Å². The molecule has 0 radical (unpaired) electrons. The fourth-order valence-electron chi connectivity index (χ4n) is 2.48. The van der Waals surface area contributed by atoms with E-state index in [1.54, 1.807) is 6.08 Å². The summed E-state index contributed by atoms with van der Waals surface area (Å²) in [6, 6.07) is 0. The van der Waals surface area contributed by atoms with Crippen molar-refractivity contribution in [3.63, 3.8) is 0 Å². The SMILES string of the molecule is CCCCCCCCCC/C=C\C(F)(F)CCCC(C)C. The van der Waals surface area contributed by atoms with Crippen LogP contribution in [0.5, 0.6) is 0 Å². The third-order valence-corrected chi connectivity index (χ3v) is 3.88. The van der Waals surface area contributed by atoms with Crippen LogP contribution in [0.25, 0.3) is 0 Å². The highest BCUT2D eigenvalue weighted by atomic mass is 19.3. The number of halogens is 2. The van der Waals surface area contributed by atoms with Gasteiger partial charge < -0.3 is 0 Å². The van der Waals surface area contributed by atoms with Crippen molar-refractivity contribution in [1.29, 1.82) is 0 Å². The lowest BCUT2D eigenvalue weighted by atomic mass is 10.0. The van der Waals surface area contributed by atoms with Crippen LogP contribution in [0.15, 0.2) is 12.2 Å². The highest BCUT2D eigenvalue weighted by molar-refractivity contribution is 4.94. The number of hydrogen-bond donors (Lipinski definition) is 0. The van der Waals surface area contributed by atoms with Crippen molar-refractivity contribution in [3.05, 3.63) is 12.2 Å². The molecule has 126 valence electrons. The number of alkyl halides is 2. The molecule has 0 atom stereocenters. The standard InChI is InChI=1S/C19H36F2/c1-4-5-6-7-8-9-10-11-12-13-16-19(20,21)17-14-15-18(2)3/h13,16,18H,4-12,14-15,17H2,1-3H3/b16-13-. The minimum atomic E-state index is -2.60. The average Bonchev–Trinajstić information content (AvgIpc) is 2.40. The quantitative estimate of drug-likeness (QED) is 0.230. The molecule has 0 amide bonds. The van der Waals surface area contributed by atoms with Crippen LogP contribution in [0.2, 0.25) is 0 Å². The van der Waals surface area contributed by atoms with Crippen LogP contribution < -0.4 is 0 Å². The summed E-state index contributed by atoms with van der Waals surface area (Å²) in [5.74, 6) is -2.09. The Kier molecular flexibility index (Phi) is 13.0. The zero-order valence-electron chi connectivity index (χ0n) is 14.5. The second-order valence-electron chi connectivity index (χ2n) is 6.71. The van der Waals surface area contributed by atoms with Crippen molar-refractivity contribution < 1.29 is 8.78 Å². The maximum absolute atomic E-state index is 13.5. The zero-order valence-corrected chi connectivity index (χ0v) is 14.5. The summed E-state index contributed by atoms with van der Waals surface area (Å²) in [4.78, 5) is 0. The van der Waals surface area contributed by atoms with Gasteiger partial charge in [0, 0.05) is 6.42 Å². The highest BCUT2D eigenvalue weighted by Gasteiger charge is 2.23. The molecule has 0 aliphatic carbocycles. The molecule has 0 aromatic heterocycles. The van der Waals surface area contributed by atoms with Gasteiger partial charge in [-0.3, -0.25) is 0 Å². The van der Waals surface area contributed by atoms with E-state index in [9.17, 15) is 8.78 Å². The number of unbranched alkanes of at least 4 members (excludes halogenated alkanes) is 8. The molecule has 21 heavy (non-hydrogen) atoms. The molecule has 0 saturated carbocycles. The van der Waals surface area contributed by atoms with Gasteiger partial charge in [-0.25, -0.2) is 8.78 Å². The summed E-state index contributed by atoms with van der Waals surface area (Å²) >= 11 is 0. The summed E-state index contributed by atoms with van der Waals surface area (Å²) < 4.78 is 27.1. The lowest BCUT2D eigenvalue weighted by Crippen LogP contribution is -2.12. The Morgan fingerprint density at radius 2 is 1.43 bits per heavy atom. The van der Waals surface area contributed by atoms with Gasteiger partial charge in [0.15, 0.2) is 0 Å². The van der Waals surface area contributed by atoms with Crippen LogP contribution in [0.4, 0.5) is 8.78 Å². The van der Waals surface area contributed by atoms with Gasteiger partial charge >= 0.3 is 0 Å². The van der Waals surface area contributed by atoms with Crippen molar-refractivity contribution in [2.75, 3.05) is 0 Å². The Bertz CT molecular complexity index is 244.